The lowest BCUT2D eigenvalue weighted by atomic mass is 9.72. The number of cyclic esters (lactones) is 2. The number of rotatable bonds is 10. The summed E-state index contributed by atoms with van der Waals surface area (Å²) < 4.78 is 40.0. The molecule has 42 heavy (non-hydrogen) atoms. The number of ether oxygens (including phenoxy) is 7. The SMILES string of the molecule is CC1(OC(=O)C2CC3OC3(CCC3OC3(C)CCC3OC3(C)C)CC2C(=O)OC2(C)CCOC(=O)C2)CCOC(=O)C1. The van der Waals surface area contributed by atoms with E-state index in [2.05, 4.69) is 20.8 Å². The molecule has 6 aliphatic rings. The number of carbonyl (C=O) groups is 4. The van der Waals surface area contributed by atoms with Crippen LogP contribution in [0.2, 0.25) is 0 Å². The van der Waals surface area contributed by atoms with Crippen LogP contribution in [0.1, 0.15) is 98.8 Å². The molecule has 5 aliphatic heterocycles. The van der Waals surface area contributed by atoms with Crippen molar-refractivity contribution in [3.8, 4) is 0 Å². The third kappa shape index (κ3) is 6.06. The van der Waals surface area contributed by atoms with E-state index in [1.165, 1.54) is 0 Å². The largest absolute Gasteiger partial charge is 0.465 e. The summed E-state index contributed by atoms with van der Waals surface area (Å²) in [6.07, 6.45) is 4.98. The lowest BCUT2D eigenvalue weighted by molar-refractivity contribution is -0.190. The Morgan fingerprint density at radius 3 is 1.86 bits per heavy atom. The van der Waals surface area contributed by atoms with Gasteiger partial charge in [0.25, 0.3) is 0 Å². The Hall–Kier alpha value is -2.24. The topological polar surface area (TPSA) is 143 Å². The van der Waals surface area contributed by atoms with Gasteiger partial charge in [0, 0.05) is 12.8 Å². The van der Waals surface area contributed by atoms with Gasteiger partial charge in [-0.05, 0) is 73.1 Å². The van der Waals surface area contributed by atoms with Gasteiger partial charge in [0.15, 0.2) is 0 Å². The summed E-state index contributed by atoms with van der Waals surface area (Å²) in [5.41, 5.74) is -2.74. The molecule has 0 aromatic carbocycles. The summed E-state index contributed by atoms with van der Waals surface area (Å²) in [7, 11) is 0. The first-order valence-electron chi connectivity index (χ1n) is 15.4. The van der Waals surface area contributed by atoms with Crippen LogP contribution in [0, 0.1) is 11.8 Å². The minimum Gasteiger partial charge on any atom is -0.465 e. The molecule has 0 amide bonds. The monoisotopic (exact) mass is 592 g/mol. The molecule has 234 valence electrons. The van der Waals surface area contributed by atoms with Crippen molar-refractivity contribution in [3.63, 3.8) is 0 Å². The predicted octanol–water partition coefficient (Wildman–Crippen LogP) is 3.32. The van der Waals surface area contributed by atoms with Crippen molar-refractivity contribution in [1.29, 1.82) is 0 Å². The van der Waals surface area contributed by atoms with Crippen LogP contribution >= 0.6 is 0 Å². The predicted molar refractivity (Wildman–Crippen MR) is 144 cm³/mol. The van der Waals surface area contributed by atoms with E-state index in [4.69, 9.17) is 33.2 Å². The minimum atomic E-state index is -1.00. The van der Waals surface area contributed by atoms with Gasteiger partial charge in [-0.15, -0.1) is 0 Å². The van der Waals surface area contributed by atoms with Crippen molar-refractivity contribution in [3.05, 3.63) is 0 Å². The molecule has 0 aromatic rings. The second-order valence-corrected chi connectivity index (χ2v) is 14.6. The van der Waals surface area contributed by atoms with Crippen LogP contribution in [0.5, 0.6) is 0 Å². The third-order valence-corrected chi connectivity index (χ3v) is 10.5. The van der Waals surface area contributed by atoms with Crippen LogP contribution in [-0.2, 0) is 52.3 Å². The summed E-state index contributed by atoms with van der Waals surface area (Å²) in [4.78, 5) is 51.2. The zero-order valence-electron chi connectivity index (χ0n) is 25.4. The van der Waals surface area contributed by atoms with E-state index in [1.54, 1.807) is 13.8 Å². The average Bonchev–Trinajstić information content (AvgIpc) is 3.82. The summed E-state index contributed by atoms with van der Waals surface area (Å²) in [6, 6.07) is 0. The van der Waals surface area contributed by atoms with Crippen molar-refractivity contribution in [1.82, 2.24) is 0 Å². The molecule has 1 saturated carbocycles. The quantitative estimate of drug-likeness (QED) is 0.209. The molecule has 1 aliphatic carbocycles. The Labute approximate surface area is 246 Å². The average molecular weight is 593 g/mol. The van der Waals surface area contributed by atoms with E-state index in [0.29, 0.717) is 32.1 Å². The Kier molecular flexibility index (Phi) is 7.21. The molecule has 0 radical (unpaired) electrons. The van der Waals surface area contributed by atoms with Gasteiger partial charge in [-0.3, -0.25) is 19.2 Å². The highest BCUT2D eigenvalue weighted by Gasteiger charge is 2.66. The van der Waals surface area contributed by atoms with E-state index in [-0.39, 0.29) is 55.6 Å². The van der Waals surface area contributed by atoms with Gasteiger partial charge >= 0.3 is 23.9 Å². The van der Waals surface area contributed by atoms with E-state index in [0.717, 1.165) is 19.3 Å². The van der Waals surface area contributed by atoms with E-state index in [9.17, 15) is 19.2 Å². The van der Waals surface area contributed by atoms with Gasteiger partial charge in [0.2, 0.25) is 0 Å². The maximum Gasteiger partial charge on any atom is 0.310 e. The zero-order valence-corrected chi connectivity index (χ0v) is 25.4. The minimum absolute atomic E-state index is 0.0326. The van der Waals surface area contributed by atoms with Crippen LogP contribution in [0.25, 0.3) is 0 Å². The van der Waals surface area contributed by atoms with Crippen LogP contribution in [0.15, 0.2) is 0 Å². The van der Waals surface area contributed by atoms with Crippen LogP contribution in [0.4, 0.5) is 0 Å². The van der Waals surface area contributed by atoms with Gasteiger partial charge in [0.1, 0.15) is 11.2 Å². The first-order valence-corrected chi connectivity index (χ1v) is 15.4. The summed E-state index contributed by atoms with van der Waals surface area (Å²) in [5, 5.41) is 0. The lowest BCUT2D eigenvalue weighted by Crippen LogP contribution is -2.48. The van der Waals surface area contributed by atoms with Gasteiger partial charge in [0.05, 0.1) is 73.0 Å². The Morgan fingerprint density at radius 1 is 0.762 bits per heavy atom. The van der Waals surface area contributed by atoms with Gasteiger partial charge in [-0.1, -0.05) is 0 Å². The number of hydrogen-bond donors (Lipinski definition) is 0. The number of fused-ring (bicyclic) bond motifs is 1. The normalized spacial score (nSPS) is 45.1. The van der Waals surface area contributed by atoms with E-state index in [1.807, 2.05) is 0 Å². The van der Waals surface area contributed by atoms with E-state index < -0.39 is 52.5 Å². The van der Waals surface area contributed by atoms with Crippen LogP contribution < -0.4 is 0 Å². The molecule has 0 bridgehead atoms. The fourth-order valence-electron chi connectivity index (χ4n) is 7.30. The number of hydrogen-bond acceptors (Lipinski definition) is 11. The maximum absolute atomic E-state index is 13.7. The lowest BCUT2D eigenvalue weighted by Gasteiger charge is -2.38. The Bertz CT molecular complexity index is 1150. The van der Waals surface area contributed by atoms with Crippen molar-refractivity contribution in [2.24, 2.45) is 11.8 Å². The Morgan fingerprint density at radius 2 is 1.31 bits per heavy atom. The molecular weight excluding hydrogens is 548 g/mol. The highest BCUT2D eigenvalue weighted by molar-refractivity contribution is 5.84. The fraction of sp³-hybridized carbons (Fsp3) is 0.871. The molecule has 5 saturated heterocycles. The molecular formula is C31H44O11. The second-order valence-electron chi connectivity index (χ2n) is 14.6. The fourth-order valence-corrected chi connectivity index (χ4v) is 7.30. The first-order chi connectivity index (χ1) is 19.6. The number of epoxide rings is 3. The summed E-state index contributed by atoms with van der Waals surface area (Å²) in [5.74, 6) is -3.48. The summed E-state index contributed by atoms with van der Waals surface area (Å²) in [6.45, 7) is 10.1. The number of carbonyl (C=O) groups excluding carboxylic acids is 4. The highest BCUT2D eigenvalue weighted by atomic mass is 16.6. The zero-order chi connectivity index (χ0) is 30.1. The third-order valence-electron chi connectivity index (χ3n) is 10.5. The second kappa shape index (κ2) is 10.2. The highest BCUT2D eigenvalue weighted by Crippen LogP contribution is 2.57. The molecule has 0 spiro atoms. The molecule has 6 fully saturated rings. The maximum atomic E-state index is 13.7. The molecule has 11 nitrogen and oxygen atoms in total. The molecule has 0 aromatic heterocycles. The van der Waals surface area contributed by atoms with Crippen molar-refractivity contribution in [2.45, 2.75) is 145 Å². The van der Waals surface area contributed by atoms with Crippen LogP contribution in [0.3, 0.4) is 0 Å². The molecule has 5 heterocycles. The van der Waals surface area contributed by atoms with Gasteiger partial charge < -0.3 is 33.2 Å². The van der Waals surface area contributed by atoms with Crippen molar-refractivity contribution >= 4 is 23.9 Å². The Balaban J connectivity index is 1.11. The molecule has 0 N–H and O–H groups in total. The molecule has 9 unspecified atom stereocenters. The molecule has 6 rings (SSSR count). The standard InChI is InChI=1S/C31H44O11/c1-27(2)20(38-27)6-8-30(5)21(39-30)7-9-31-15-19(26(35)42-29(4)11-13-37-24(33)17-29)18(14-22(31)40-31)25(34)41-28(3)10-12-36-23(32)16-28/h18-22H,6-17H2,1-5H3. The molecule has 9 atom stereocenters. The van der Waals surface area contributed by atoms with E-state index >= 15 is 0 Å². The summed E-state index contributed by atoms with van der Waals surface area (Å²) >= 11 is 0. The molecule has 11 heteroatoms. The van der Waals surface area contributed by atoms with Crippen LogP contribution in [-0.4, -0.2) is 83.4 Å². The van der Waals surface area contributed by atoms with Gasteiger partial charge in [-0.2, -0.15) is 0 Å². The smallest absolute Gasteiger partial charge is 0.310 e. The van der Waals surface area contributed by atoms with Crippen molar-refractivity contribution in [2.75, 3.05) is 13.2 Å². The van der Waals surface area contributed by atoms with Gasteiger partial charge in [-0.25, -0.2) is 0 Å². The first kappa shape index (κ1) is 29.8. The number of esters is 4. The van der Waals surface area contributed by atoms with Crippen molar-refractivity contribution < 1.29 is 52.3 Å².